The van der Waals surface area contributed by atoms with Crippen LogP contribution in [-0.4, -0.2) is 41.5 Å². The molecule has 1 aromatic rings. The van der Waals surface area contributed by atoms with Gasteiger partial charge in [0.15, 0.2) is 0 Å². The highest BCUT2D eigenvalue weighted by molar-refractivity contribution is 7.89. The Balaban J connectivity index is 2.94. The number of carboxylic acids is 2. The van der Waals surface area contributed by atoms with Gasteiger partial charge in [-0.25, -0.2) is 8.42 Å². The van der Waals surface area contributed by atoms with Gasteiger partial charge >= 0.3 is 11.9 Å². The highest BCUT2D eigenvalue weighted by Gasteiger charge is 2.26. The molecule has 120 valence electrons. The van der Waals surface area contributed by atoms with Gasteiger partial charge in [-0.1, -0.05) is 0 Å². The third-order valence-corrected chi connectivity index (χ3v) is 4.09. The Morgan fingerprint density at radius 3 is 2.18 bits per heavy atom. The molecule has 0 aliphatic heterocycles. The van der Waals surface area contributed by atoms with E-state index in [1.165, 1.54) is 0 Å². The van der Waals surface area contributed by atoms with Crippen LogP contribution in [0.1, 0.15) is 12.8 Å². The molecule has 1 atom stereocenters. The number of hydrogen-bond donors (Lipinski definition) is 3. The zero-order valence-corrected chi connectivity index (χ0v) is 11.8. The van der Waals surface area contributed by atoms with Gasteiger partial charge in [-0.2, -0.15) is 4.72 Å². The minimum absolute atomic E-state index is 0.320. The first-order chi connectivity index (χ1) is 10.1. The van der Waals surface area contributed by atoms with Crippen molar-refractivity contribution in [2.75, 3.05) is 0 Å². The molecule has 0 aliphatic carbocycles. The molecule has 0 aromatic heterocycles. The molecule has 0 fully saturated rings. The third-order valence-electron chi connectivity index (χ3n) is 2.60. The summed E-state index contributed by atoms with van der Waals surface area (Å²) in [4.78, 5) is 30.8. The van der Waals surface area contributed by atoms with E-state index >= 15 is 0 Å². The lowest BCUT2D eigenvalue weighted by Gasteiger charge is -2.13. The Morgan fingerprint density at radius 2 is 1.77 bits per heavy atom. The van der Waals surface area contributed by atoms with Gasteiger partial charge in [0.25, 0.3) is 5.69 Å². The van der Waals surface area contributed by atoms with Gasteiger partial charge < -0.3 is 10.2 Å². The van der Waals surface area contributed by atoms with Gasteiger partial charge in [-0.3, -0.25) is 19.7 Å². The lowest BCUT2D eigenvalue weighted by Crippen LogP contribution is -2.41. The van der Waals surface area contributed by atoms with Crippen LogP contribution in [0, 0.1) is 10.1 Å². The molecular weight excluding hydrogens is 320 g/mol. The minimum Gasteiger partial charge on any atom is -0.481 e. The number of aliphatic carboxylic acids is 2. The predicted molar refractivity (Wildman–Crippen MR) is 71.7 cm³/mol. The second-order valence-electron chi connectivity index (χ2n) is 4.20. The average Bonchev–Trinajstić information content (AvgIpc) is 2.43. The molecule has 0 bridgehead atoms. The molecule has 0 aliphatic rings. The second-order valence-corrected chi connectivity index (χ2v) is 5.91. The van der Waals surface area contributed by atoms with Gasteiger partial charge in [0, 0.05) is 18.6 Å². The standard InChI is InChI=1S/C11H12N2O8S/c14-10(15)6-5-9(11(16)17)12-22(20,21)8-3-1-7(2-4-8)13(18)19/h1-4,9,12H,5-6H2,(H,14,15)(H,16,17)/t9-/m1/s1. The van der Waals surface area contributed by atoms with E-state index in [1.807, 2.05) is 4.72 Å². The molecule has 0 spiro atoms. The molecule has 11 heteroatoms. The molecule has 22 heavy (non-hydrogen) atoms. The van der Waals surface area contributed by atoms with Crippen LogP contribution in [0.25, 0.3) is 0 Å². The molecule has 0 saturated carbocycles. The van der Waals surface area contributed by atoms with Gasteiger partial charge in [-0.05, 0) is 18.6 Å². The predicted octanol–water partition coefficient (Wildman–Crippen LogP) is 0.191. The van der Waals surface area contributed by atoms with Gasteiger partial charge in [0.2, 0.25) is 10.0 Å². The average molecular weight is 332 g/mol. The van der Waals surface area contributed by atoms with E-state index in [4.69, 9.17) is 10.2 Å². The summed E-state index contributed by atoms with van der Waals surface area (Å²) in [6.07, 6.45) is -0.962. The summed E-state index contributed by atoms with van der Waals surface area (Å²) < 4.78 is 25.8. The summed E-state index contributed by atoms with van der Waals surface area (Å²) in [7, 11) is -4.24. The van der Waals surface area contributed by atoms with Crippen LogP contribution in [0.2, 0.25) is 0 Å². The van der Waals surface area contributed by atoms with Crippen LogP contribution >= 0.6 is 0 Å². The van der Waals surface area contributed by atoms with Crippen LogP contribution in [0.4, 0.5) is 5.69 Å². The lowest BCUT2D eigenvalue weighted by atomic mass is 10.2. The molecule has 0 amide bonds. The Bertz CT molecular complexity index is 683. The van der Waals surface area contributed by atoms with Crippen molar-refractivity contribution in [2.24, 2.45) is 0 Å². The summed E-state index contributed by atoms with van der Waals surface area (Å²) in [6, 6.07) is 2.22. The first kappa shape index (κ1) is 17.5. The maximum Gasteiger partial charge on any atom is 0.321 e. The van der Waals surface area contributed by atoms with Crippen molar-refractivity contribution in [1.29, 1.82) is 0 Å². The van der Waals surface area contributed by atoms with E-state index < -0.39 is 45.8 Å². The lowest BCUT2D eigenvalue weighted by molar-refractivity contribution is -0.384. The van der Waals surface area contributed by atoms with Crippen molar-refractivity contribution in [3.05, 3.63) is 34.4 Å². The SMILES string of the molecule is O=C(O)CC[C@@H](NS(=O)(=O)c1ccc([N+](=O)[O-])cc1)C(=O)O. The van der Waals surface area contributed by atoms with E-state index in [0.29, 0.717) is 0 Å². The number of benzene rings is 1. The van der Waals surface area contributed by atoms with Crippen molar-refractivity contribution in [1.82, 2.24) is 4.72 Å². The summed E-state index contributed by atoms with van der Waals surface area (Å²) in [5, 5.41) is 27.9. The Hall–Kier alpha value is -2.53. The number of non-ortho nitro benzene ring substituents is 1. The smallest absolute Gasteiger partial charge is 0.321 e. The zero-order chi connectivity index (χ0) is 16.9. The fourth-order valence-corrected chi connectivity index (χ4v) is 2.73. The number of rotatable bonds is 8. The van der Waals surface area contributed by atoms with Crippen LogP contribution in [-0.2, 0) is 19.6 Å². The number of nitro groups is 1. The summed E-state index contributed by atoms with van der Waals surface area (Å²) in [5.74, 6) is -2.78. The van der Waals surface area contributed by atoms with Crippen LogP contribution in [0.5, 0.6) is 0 Å². The van der Waals surface area contributed by atoms with E-state index in [-0.39, 0.29) is 10.6 Å². The molecule has 0 unspecified atom stereocenters. The number of carbonyl (C=O) groups is 2. The van der Waals surface area contributed by atoms with Gasteiger partial charge in [-0.15, -0.1) is 0 Å². The molecule has 1 aromatic carbocycles. The maximum absolute atomic E-state index is 12.0. The molecule has 1 rings (SSSR count). The monoisotopic (exact) mass is 332 g/mol. The third kappa shape index (κ3) is 4.79. The van der Waals surface area contributed by atoms with Crippen molar-refractivity contribution in [2.45, 2.75) is 23.8 Å². The first-order valence-electron chi connectivity index (χ1n) is 5.85. The van der Waals surface area contributed by atoms with Gasteiger partial charge in [0.05, 0.1) is 9.82 Å². The topological polar surface area (TPSA) is 164 Å². The van der Waals surface area contributed by atoms with E-state index in [0.717, 1.165) is 24.3 Å². The molecule has 3 N–H and O–H groups in total. The number of sulfonamides is 1. The van der Waals surface area contributed by atoms with Crippen molar-refractivity contribution >= 4 is 27.6 Å². The normalized spacial score (nSPS) is 12.5. The number of carboxylic acid groups (broad SMARTS) is 2. The molecular formula is C11H12N2O8S. The number of nitrogens with zero attached hydrogens (tertiary/aromatic N) is 1. The fourth-order valence-electron chi connectivity index (χ4n) is 1.50. The van der Waals surface area contributed by atoms with Crippen LogP contribution in [0.15, 0.2) is 29.2 Å². The van der Waals surface area contributed by atoms with Crippen LogP contribution in [0.3, 0.4) is 0 Å². The number of nitro benzene ring substituents is 1. The number of hydrogen-bond acceptors (Lipinski definition) is 6. The fraction of sp³-hybridized carbons (Fsp3) is 0.273. The van der Waals surface area contributed by atoms with Crippen molar-refractivity contribution in [3.63, 3.8) is 0 Å². The largest absolute Gasteiger partial charge is 0.481 e. The minimum atomic E-state index is -4.24. The summed E-state index contributed by atoms with van der Waals surface area (Å²) >= 11 is 0. The van der Waals surface area contributed by atoms with E-state index in [9.17, 15) is 28.1 Å². The van der Waals surface area contributed by atoms with Crippen LogP contribution < -0.4 is 4.72 Å². The molecule has 0 saturated heterocycles. The summed E-state index contributed by atoms with van der Waals surface area (Å²) in [6.45, 7) is 0. The molecule has 0 heterocycles. The highest BCUT2D eigenvalue weighted by Crippen LogP contribution is 2.16. The Kier molecular flexibility index (Phi) is 5.54. The zero-order valence-electron chi connectivity index (χ0n) is 11.0. The first-order valence-corrected chi connectivity index (χ1v) is 7.33. The van der Waals surface area contributed by atoms with Crippen molar-refractivity contribution < 1.29 is 33.1 Å². The molecule has 0 radical (unpaired) electrons. The Labute approximate surface area is 124 Å². The van der Waals surface area contributed by atoms with E-state index in [2.05, 4.69) is 0 Å². The maximum atomic E-state index is 12.0. The molecule has 10 nitrogen and oxygen atoms in total. The highest BCUT2D eigenvalue weighted by atomic mass is 32.2. The number of nitrogens with one attached hydrogen (secondary N) is 1. The van der Waals surface area contributed by atoms with Gasteiger partial charge in [0.1, 0.15) is 6.04 Å². The Morgan fingerprint density at radius 1 is 1.23 bits per heavy atom. The second kappa shape index (κ2) is 6.95. The van der Waals surface area contributed by atoms with E-state index in [1.54, 1.807) is 0 Å². The quantitative estimate of drug-likeness (QED) is 0.448. The summed E-state index contributed by atoms with van der Waals surface area (Å²) in [5.41, 5.74) is -0.320. The van der Waals surface area contributed by atoms with Crippen molar-refractivity contribution in [3.8, 4) is 0 Å².